The highest BCUT2D eigenvalue weighted by molar-refractivity contribution is 7.99. The zero-order valence-electron chi connectivity index (χ0n) is 12.0. The summed E-state index contributed by atoms with van der Waals surface area (Å²) in [6.07, 6.45) is 8.01. The van der Waals surface area contributed by atoms with Crippen LogP contribution in [-0.2, 0) is 4.79 Å². The lowest BCUT2D eigenvalue weighted by Gasteiger charge is -2.24. The Kier molecular flexibility index (Phi) is 5.58. The fourth-order valence-corrected chi connectivity index (χ4v) is 4.53. The standard InChI is InChI=1S/C15H27NO2S/c1-2-13(9-12-5-3-4-6-12)14(17)16-10-15(18)7-8-19-11-15/h12-13,18H,2-11H2,1H3,(H,16,17). The molecule has 110 valence electrons. The molecular formula is C15H27NO2S. The van der Waals surface area contributed by atoms with Gasteiger partial charge in [-0.15, -0.1) is 0 Å². The molecule has 0 aromatic carbocycles. The summed E-state index contributed by atoms with van der Waals surface area (Å²) in [5, 5.41) is 13.2. The van der Waals surface area contributed by atoms with Crippen molar-refractivity contribution in [1.29, 1.82) is 0 Å². The fourth-order valence-electron chi connectivity index (χ4n) is 3.24. The van der Waals surface area contributed by atoms with Gasteiger partial charge in [0, 0.05) is 18.2 Å². The van der Waals surface area contributed by atoms with Crippen LogP contribution in [0.3, 0.4) is 0 Å². The van der Waals surface area contributed by atoms with Gasteiger partial charge in [-0.2, -0.15) is 11.8 Å². The zero-order chi connectivity index (χ0) is 13.7. The van der Waals surface area contributed by atoms with Gasteiger partial charge < -0.3 is 10.4 Å². The van der Waals surface area contributed by atoms with Crippen LogP contribution >= 0.6 is 11.8 Å². The number of carbonyl (C=O) groups is 1. The summed E-state index contributed by atoms with van der Waals surface area (Å²) in [6, 6.07) is 0. The highest BCUT2D eigenvalue weighted by Crippen LogP contribution is 2.31. The summed E-state index contributed by atoms with van der Waals surface area (Å²) >= 11 is 1.77. The van der Waals surface area contributed by atoms with E-state index in [1.165, 1.54) is 25.7 Å². The Bertz CT molecular complexity index is 297. The van der Waals surface area contributed by atoms with E-state index in [0.29, 0.717) is 6.54 Å². The zero-order valence-corrected chi connectivity index (χ0v) is 12.8. The van der Waals surface area contributed by atoms with Gasteiger partial charge in [0.25, 0.3) is 0 Å². The Balaban J connectivity index is 1.76. The third-order valence-electron chi connectivity index (χ3n) is 4.63. The molecule has 4 heteroatoms. The minimum absolute atomic E-state index is 0.140. The van der Waals surface area contributed by atoms with Crippen LogP contribution in [0, 0.1) is 11.8 Å². The van der Waals surface area contributed by atoms with E-state index in [0.717, 1.165) is 36.7 Å². The molecule has 1 saturated carbocycles. The molecule has 2 N–H and O–H groups in total. The molecule has 1 aliphatic carbocycles. The molecule has 0 bridgehead atoms. The van der Waals surface area contributed by atoms with Gasteiger partial charge in [0.15, 0.2) is 0 Å². The molecule has 1 heterocycles. The lowest BCUT2D eigenvalue weighted by atomic mass is 9.90. The molecule has 0 radical (unpaired) electrons. The van der Waals surface area contributed by atoms with Crippen molar-refractivity contribution in [2.45, 2.75) is 57.5 Å². The molecule has 2 unspecified atom stereocenters. The molecule has 19 heavy (non-hydrogen) atoms. The second-order valence-electron chi connectivity index (χ2n) is 6.24. The van der Waals surface area contributed by atoms with E-state index >= 15 is 0 Å². The van der Waals surface area contributed by atoms with Crippen LogP contribution in [0.15, 0.2) is 0 Å². The van der Waals surface area contributed by atoms with Gasteiger partial charge in [0.05, 0.1) is 5.60 Å². The minimum atomic E-state index is -0.661. The molecule has 0 spiro atoms. The summed E-state index contributed by atoms with van der Waals surface area (Å²) in [5.41, 5.74) is -0.661. The van der Waals surface area contributed by atoms with Crippen molar-refractivity contribution in [3.8, 4) is 0 Å². The maximum absolute atomic E-state index is 12.2. The first kappa shape index (κ1) is 15.2. The fraction of sp³-hybridized carbons (Fsp3) is 0.933. The van der Waals surface area contributed by atoms with Crippen molar-refractivity contribution in [2.24, 2.45) is 11.8 Å². The Morgan fingerprint density at radius 3 is 2.79 bits per heavy atom. The third-order valence-corrected chi connectivity index (χ3v) is 5.86. The molecule has 1 aliphatic heterocycles. The average Bonchev–Trinajstić information content (AvgIpc) is 3.05. The predicted molar refractivity (Wildman–Crippen MR) is 80.3 cm³/mol. The minimum Gasteiger partial charge on any atom is -0.387 e. The second kappa shape index (κ2) is 6.98. The van der Waals surface area contributed by atoms with E-state index in [4.69, 9.17) is 0 Å². The number of rotatable bonds is 6. The van der Waals surface area contributed by atoms with Crippen molar-refractivity contribution in [2.75, 3.05) is 18.1 Å². The molecule has 0 aromatic heterocycles. The van der Waals surface area contributed by atoms with Gasteiger partial charge in [-0.3, -0.25) is 4.79 Å². The smallest absolute Gasteiger partial charge is 0.223 e. The van der Waals surface area contributed by atoms with Crippen molar-refractivity contribution in [1.82, 2.24) is 5.32 Å². The number of aliphatic hydroxyl groups is 1. The number of hydrogen-bond donors (Lipinski definition) is 2. The van der Waals surface area contributed by atoms with Crippen molar-refractivity contribution < 1.29 is 9.90 Å². The van der Waals surface area contributed by atoms with Gasteiger partial charge in [-0.05, 0) is 30.9 Å². The van der Waals surface area contributed by atoms with Gasteiger partial charge in [0.2, 0.25) is 5.91 Å². The number of nitrogens with one attached hydrogen (secondary N) is 1. The molecule has 2 aliphatic rings. The largest absolute Gasteiger partial charge is 0.387 e. The first-order valence-electron chi connectivity index (χ1n) is 7.71. The maximum atomic E-state index is 12.2. The van der Waals surface area contributed by atoms with Crippen molar-refractivity contribution >= 4 is 17.7 Å². The van der Waals surface area contributed by atoms with Crippen LogP contribution in [0.5, 0.6) is 0 Å². The maximum Gasteiger partial charge on any atom is 0.223 e. The van der Waals surface area contributed by atoms with Gasteiger partial charge >= 0.3 is 0 Å². The highest BCUT2D eigenvalue weighted by atomic mass is 32.2. The van der Waals surface area contributed by atoms with E-state index in [-0.39, 0.29) is 11.8 Å². The van der Waals surface area contributed by atoms with Crippen molar-refractivity contribution in [3.63, 3.8) is 0 Å². The normalized spacial score (nSPS) is 29.6. The van der Waals surface area contributed by atoms with Crippen molar-refractivity contribution in [3.05, 3.63) is 0 Å². The Labute approximate surface area is 120 Å². The second-order valence-corrected chi connectivity index (χ2v) is 7.34. The van der Waals surface area contributed by atoms with Crippen LogP contribution in [-0.4, -0.2) is 34.7 Å². The summed E-state index contributed by atoms with van der Waals surface area (Å²) < 4.78 is 0. The molecule has 2 atom stereocenters. The predicted octanol–water partition coefficient (Wildman–Crippen LogP) is 2.58. The molecule has 1 amide bonds. The number of thioether (sulfide) groups is 1. The lowest BCUT2D eigenvalue weighted by molar-refractivity contribution is -0.126. The monoisotopic (exact) mass is 285 g/mol. The van der Waals surface area contributed by atoms with Gasteiger partial charge in [0.1, 0.15) is 0 Å². The lowest BCUT2D eigenvalue weighted by Crippen LogP contribution is -2.44. The average molecular weight is 285 g/mol. The first-order valence-corrected chi connectivity index (χ1v) is 8.86. The van der Waals surface area contributed by atoms with E-state index in [9.17, 15) is 9.90 Å². The van der Waals surface area contributed by atoms with E-state index in [2.05, 4.69) is 12.2 Å². The molecular weight excluding hydrogens is 258 g/mol. The Morgan fingerprint density at radius 1 is 1.47 bits per heavy atom. The molecule has 0 aromatic rings. The van der Waals surface area contributed by atoms with Crippen LogP contribution in [0.1, 0.15) is 51.9 Å². The van der Waals surface area contributed by atoms with E-state index in [1.807, 2.05) is 0 Å². The third kappa shape index (κ3) is 4.38. The molecule has 2 rings (SSSR count). The quantitative estimate of drug-likeness (QED) is 0.788. The Hall–Kier alpha value is -0.220. The molecule has 3 nitrogen and oxygen atoms in total. The summed E-state index contributed by atoms with van der Waals surface area (Å²) in [4.78, 5) is 12.2. The Morgan fingerprint density at radius 2 is 2.21 bits per heavy atom. The topological polar surface area (TPSA) is 49.3 Å². The van der Waals surface area contributed by atoms with E-state index < -0.39 is 5.60 Å². The molecule has 1 saturated heterocycles. The van der Waals surface area contributed by atoms with Crippen LogP contribution in [0.2, 0.25) is 0 Å². The number of hydrogen-bond acceptors (Lipinski definition) is 3. The van der Waals surface area contributed by atoms with Gasteiger partial charge in [-0.1, -0.05) is 32.6 Å². The van der Waals surface area contributed by atoms with Crippen LogP contribution in [0.25, 0.3) is 0 Å². The van der Waals surface area contributed by atoms with E-state index in [1.54, 1.807) is 11.8 Å². The van der Waals surface area contributed by atoms with Crippen LogP contribution in [0.4, 0.5) is 0 Å². The SMILES string of the molecule is CCC(CC1CCCC1)C(=O)NCC1(O)CCSC1. The molecule has 2 fully saturated rings. The van der Waals surface area contributed by atoms with Gasteiger partial charge in [-0.25, -0.2) is 0 Å². The summed E-state index contributed by atoms with van der Waals surface area (Å²) in [6.45, 7) is 2.53. The summed E-state index contributed by atoms with van der Waals surface area (Å²) in [5.74, 6) is 2.81. The summed E-state index contributed by atoms with van der Waals surface area (Å²) in [7, 11) is 0. The highest BCUT2D eigenvalue weighted by Gasteiger charge is 2.33. The first-order chi connectivity index (χ1) is 9.13. The number of amides is 1. The number of carbonyl (C=O) groups excluding carboxylic acids is 1. The van der Waals surface area contributed by atoms with Crippen LogP contribution < -0.4 is 5.32 Å².